The number of rotatable bonds is 6. The van der Waals surface area contributed by atoms with E-state index >= 15 is 0 Å². The molecule has 128 valence electrons. The van der Waals surface area contributed by atoms with Gasteiger partial charge in [-0.2, -0.15) is 0 Å². The summed E-state index contributed by atoms with van der Waals surface area (Å²) < 4.78 is 28.9. The minimum atomic E-state index is -3.25. The molecule has 0 saturated carbocycles. The number of benzene rings is 2. The third kappa shape index (κ3) is 4.72. The number of carbonyl (C=O) groups excluding carboxylic acids is 1. The summed E-state index contributed by atoms with van der Waals surface area (Å²) in [6.45, 7) is 3.27. The molecule has 0 aliphatic rings. The number of ether oxygens (including phenoxy) is 1. The van der Waals surface area contributed by atoms with E-state index in [2.05, 4.69) is 5.32 Å². The fourth-order valence-corrected chi connectivity index (χ4v) is 3.14. The van der Waals surface area contributed by atoms with E-state index < -0.39 is 9.84 Å². The summed E-state index contributed by atoms with van der Waals surface area (Å²) in [6, 6.07) is 11.2. The lowest BCUT2D eigenvalue weighted by Crippen LogP contribution is -2.20. The van der Waals surface area contributed by atoms with Gasteiger partial charge in [-0.15, -0.1) is 0 Å². The van der Waals surface area contributed by atoms with Gasteiger partial charge in [-0.05, 0) is 55.0 Å². The van der Waals surface area contributed by atoms with Crippen LogP contribution in [0.15, 0.2) is 47.4 Å². The Bertz CT molecular complexity index is 832. The molecule has 0 saturated heterocycles. The van der Waals surface area contributed by atoms with Crippen LogP contribution >= 0.6 is 11.6 Å². The van der Waals surface area contributed by atoms with Gasteiger partial charge in [-0.3, -0.25) is 4.79 Å². The van der Waals surface area contributed by atoms with Crippen molar-refractivity contribution in [3.8, 4) is 5.75 Å². The van der Waals surface area contributed by atoms with Gasteiger partial charge in [-0.1, -0.05) is 18.5 Å². The Hall–Kier alpha value is -2.05. The van der Waals surface area contributed by atoms with Gasteiger partial charge in [0.15, 0.2) is 16.4 Å². The predicted octanol–water partition coefficient (Wildman–Crippen LogP) is 3.46. The van der Waals surface area contributed by atoms with Gasteiger partial charge < -0.3 is 10.1 Å². The van der Waals surface area contributed by atoms with Crippen LogP contribution in [0.1, 0.15) is 12.5 Å². The first-order chi connectivity index (χ1) is 11.3. The Balaban J connectivity index is 1.95. The maximum atomic E-state index is 11.9. The van der Waals surface area contributed by atoms with E-state index in [1.807, 2.05) is 6.92 Å². The monoisotopic (exact) mass is 367 g/mol. The van der Waals surface area contributed by atoms with Crippen molar-refractivity contribution < 1.29 is 17.9 Å². The van der Waals surface area contributed by atoms with E-state index in [0.717, 1.165) is 5.56 Å². The quantitative estimate of drug-likeness (QED) is 0.848. The molecule has 0 unspecified atom stereocenters. The third-order valence-corrected chi connectivity index (χ3v) is 5.36. The lowest BCUT2D eigenvalue weighted by atomic mass is 10.2. The van der Waals surface area contributed by atoms with Crippen molar-refractivity contribution >= 4 is 33.0 Å². The molecule has 0 heterocycles. The van der Waals surface area contributed by atoms with Crippen LogP contribution in [0.5, 0.6) is 5.75 Å². The van der Waals surface area contributed by atoms with Crippen LogP contribution in [0.3, 0.4) is 0 Å². The molecule has 0 aliphatic carbocycles. The van der Waals surface area contributed by atoms with Gasteiger partial charge in [0.25, 0.3) is 5.91 Å². The number of amides is 1. The van der Waals surface area contributed by atoms with Crippen LogP contribution in [-0.2, 0) is 14.6 Å². The summed E-state index contributed by atoms with van der Waals surface area (Å²) in [6.07, 6.45) is 0. The standard InChI is InChI=1S/C17H18ClNO4S/c1-3-24(21,22)15-7-5-14(6-8-15)19-17(20)11-23-16-9-4-13(18)10-12(16)2/h4-10H,3,11H2,1-2H3,(H,19,20). The highest BCUT2D eigenvalue weighted by Gasteiger charge is 2.11. The van der Waals surface area contributed by atoms with Crippen LogP contribution in [-0.4, -0.2) is 26.7 Å². The summed E-state index contributed by atoms with van der Waals surface area (Å²) in [5.74, 6) is 0.280. The first-order valence-electron chi connectivity index (χ1n) is 7.33. The SMILES string of the molecule is CCS(=O)(=O)c1ccc(NC(=O)COc2ccc(Cl)cc2C)cc1. The third-order valence-electron chi connectivity index (χ3n) is 3.37. The first-order valence-corrected chi connectivity index (χ1v) is 9.36. The zero-order valence-corrected chi connectivity index (χ0v) is 14.9. The second-order valence-corrected chi connectivity index (χ2v) is 7.89. The Morgan fingerprint density at radius 1 is 1.17 bits per heavy atom. The molecule has 0 fully saturated rings. The Morgan fingerprint density at radius 2 is 1.83 bits per heavy atom. The molecular formula is C17H18ClNO4S. The number of carbonyl (C=O) groups is 1. The summed E-state index contributed by atoms with van der Waals surface area (Å²) in [5.41, 5.74) is 1.34. The average molecular weight is 368 g/mol. The van der Waals surface area contributed by atoms with Crippen LogP contribution in [0.4, 0.5) is 5.69 Å². The van der Waals surface area contributed by atoms with E-state index in [1.54, 1.807) is 37.3 Å². The summed E-state index contributed by atoms with van der Waals surface area (Å²) in [4.78, 5) is 12.2. The predicted molar refractivity (Wildman–Crippen MR) is 94.5 cm³/mol. The molecule has 0 radical (unpaired) electrons. The molecular weight excluding hydrogens is 350 g/mol. The molecule has 0 bridgehead atoms. The smallest absolute Gasteiger partial charge is 0.262 e. The van der Waals surface area contributed by atoms with Gasteiger partial charge in [0.2, 0.25) is 0 Å². The maximum absolute atomic E-state index is 11.9. The molecule has 7 heteroatoms. The van der Waals surface area contributed by atoms with Crippen molar-refractivity contribution in [2.24, 2.45) is 0 Å². The first kappa shape index (κ1) is 18.3. The summed E-state index contributed by atoms with van der Waals surface area (Å²) in [7, 11) is -3.25. The van der Waals surface area contributed by atoms with Crippen molar-refractivity contribution in [3.63, 3.8) is 0 Å². The molecule has 2 aromatic rings. The minimum Gasteiger partial charge on any atom is -0.483 e. The van der Waals surface area contributed by atoms with Crippen molar-refractivity contribution in [2.45, 2.75) is 18.7 Å². The maximum Gasteiger partial charge on any atom is 0.262 e. The van der Waals surface area contributed by atoms with Gasteiger partial charge in [0.05, 0.1) is 10.6 Å². The van der Waals surface area contributed by atoms with Gasteiger partial charge in [0.1, 0.15) is 5.75 Å². The number of hydrogen-bond acceptors (Lipinski definition) is 4. The van der Waals surface area contributed by atoms with Crippen molar-refractivity contribution in [2.75, 3.05) is 17.7 Å². The second kappa shape index (κ2) is 7.68. The summed E-state index contributed by atoms with van der Waals surface area (Å²) >= 11 is 5.86. The van der Waals surface area contributed by atoms with Crippen molar-refractivity contribution in [1.82, 2.24) is 0 Å². The fourth-order valence-electron chi connectivity index (χ4n) is 2.03. The molecule has 24 heavy (non-hydrogen) atoms. The normalized spacial score (nSPS) is 11.1. The number of sulfone groups is 1. The highest BCUT2D eigenvalue weighted by atomic mass is 35.5. The lowest BCUT2D eigenvalue weighted by molar-refractivity contribution is -0.118. The Morgan fingerprint density at radius 3 is 2.42 bits per heavy atom. The average Bonchev–Trinajstić information content (AvgIpc) is 2.54. The molecule has 0 aliphatic heterocycles. The zero-order chi connectivity index (χ0) is 17.7. The van der Waals surface area contributed by atoms with Crippen molar-refractivity contribution in [3.05, 3.63) is 53.1 Å². The highest BCUT2D eigenvalue weighted by Crippen LogP contribution is 2.22. The molecule has 0 spiro atoms. The van der Waals surface area contributed by atoms with Crippen LogP contribution in [0.25, 0.3) is 0 Å². The lowest BCUT2D eigenvalue weighted by Gasteiger charge is -2.10. The minimum absolute atomic E-state index is 0.0347. The van der Waals surface area contributed by atoms with Gasteiger partial charge in [-0.25, -0.2) is 8.42 Å². The molecule has 5 nitrogen and oxygen atoms in total. The van der Waals surface area contributed by atoms with Crippen LogP contribution in [0.2, 0.25) is 5.02 Å². The van der Waals surface area contributed by atoms with E-state index in [-0.39, 0.29) is 23.2 Å². The zero-order valence-electron chi connectivity index (χ0n) is 13.4. The van der Waals surface area contributed by atoms with E-state index in [1.165, 1.54) is 12.1 Å². The number of anilines is 1. The van der Waals surface area contributed by atoms with Gasteiger partial charge >= 0.3 is 0 Å². The number of aryl methyl sites for hydroxylation is 1. The van der Waals surface area contributed by atoms with E-state index in [4.69, 9.17) is 16.3 Å². The molecule has 2 aromatic carbocycles. The molecule has 1 amide bonds. The van der Waals surface area contributed by atoms with E-state index in [9.17, 15) is 13.2 Å². The van der Waals surface area contributed by atoms with Crippen LogP contribution in [0, 0.1) is 6.92 Å². The highest BCUT2D eigenvalue weighted by molar-refractivity contribution is 7.91. The van der Waals surface area contributed by atoms with Crippen LogP contribution < -0.4 is 10.1 Å². The fraction of sp³-hybridized carbons (Fsp3) is 0.235. The second-order valence-electron chi connectivity index (χ2n) is 5.17. The number of hydrogen-bond donors (Lipinski definition) is 1. The molecule has 2 rings (SSSR count). The van der Waals surface area contributed by atoms with Crippen molar-refractivity contribution in [1.29, 1.82) is 0 Å². The molecule has 0 aromatic heterocycles. The summed E-state index contributed by atoms with van der Waals surface area (Å²) in [5, 5.41) is 3.26. The topological polar surface area (TPSA) is 72.5 Å². The molecule has 0 atom stereocenters. The largest absolute Gasteiger partial charge is 0.483 e. The molecule has 1 N–H and O–H groups in total. The number of nitrogens with one attached hydrogen (secondary N) is 1. The Kier molecular flexibility index (Phi) is 5.85. The number of halogens is 1. The van der Waals surface area contributed by atoms with Gasteiger partial charge in [0, 0.05) is 10.7 Å². The Labute approximate surface area is 146 Å². The van der Waals surface area contributed by atoms with E-state index in [0.29, 0.717) is 16.5 Å².